The molecule has 1 aromatic rings. The van der Waals surface area contributed by atoms with E-state index in [0.29, 0.717) is 0 Å². The van der Waals surface area contributed by atoms with Crippen LogP contribution >= 0.6 is 0 Å². The SMILES string of the molecule is C=C1NCNc2ccc(C)c(C3=CC=[N+](CC)C=CC3)c21. The summed E-state index contributed by atoms with van der Waals surface area (Å²) in [6.07, 6.45) is 9.71. The summed E-state index contributed by atoms with van der Waals surface area (Å²) in [5.41, 5.74) is 7.31. The van der Waals surface area contributed by atoms with Gasteiger partial charge in [0.25, 0.3) is 0 Å². The molecule has 0 aromatic heterocycles. The van der Waals surface area contributed by atoms with Crippen molar-refractivity contribution < 1.29 is 4.58 Å². The van der Waals surface area contributed by atoms with Gasteiger partial charge in [-0.25, -0.2) is 4.58 Å². The number of hydrogen-bond acceptors (Lipinski definition) is 2. The van der Waals surface area contributed by atoms with Gasteiger partial charge in [0, 0.05) is 23.0 Å². The van der Waals surface area contributed by atoms with Crippen LogP contribution in [0.1, 0.15) is 30.0 Å². The van der Waals surface area contributed by atoms with Gasteiger partial charge in [-0.3, -0.25) is 0 Å². The lowest BCUT2D eigenvalue weighted by molar-refractivity contribution is -0.446. The molecule has 0 amide bonds. The van der Waals surface area contributed by atoms with E-state index in [-0.39, 0.29) is 0 Å². The molecule has 0 aliphatic carbocycles. The summed E-state index contributed by atoms with van der Waals surface area (Å²) in [5, 5.41) is 6.71. The summed E-state index contributed by atoms with van der Waals surface area (Å²) in [7, 11) is 0. The standard InChI is InChI=1S/C18H22N3/c1-4-21-10-5-6-15(9-11-21)17-13(2)7-8-16-18(17)14(3)19-12-20-16/h5,7-11,19-20H,3-4,6,12H2,1-2H3/q+1. The molecule has 2 N–H and O–H groups in total. The monoisotopic (exact) mass is 280 g/mol. The van der Waals surface area contributed by atoms with Gasteiger partial charge in [-0.15, -0.1) is 0 Å². The maximum absolute atomic E-state index is 4.19. The van der Waals surface area contributed by atoms with Crippen molar-refractivity contribution in [3.63, 3.8) is 0 Å². The Morgan fingerprint density at radius 2 is 2.10 bits per heavy atom. The van der Waals surface area contributed by atoms with Gasteiger partial charge in [0.05, 0.1) is 6.67 Å². The van der Waals surface area contributed by atoms with Crippen LogP contribution in [0, 0.1) is 6.92 Å². The van der Waals surface area contributed by atoms with E-state index in [9.17, 15) is 0 Å². The normalized spacial score (nSPS) is 17.1. The third kappa shape index (κ3) is 2.51. The lowest BCUT2D eigenvalue weighted by Gasteiger charge is -2.26. The maximum atomic E-state index is 4.19. The van der Waals surface area contributed by atoms with Crippen LogP contribution in [0.15, 0.2) is 37.1 Å². The zero-order chi connectivity index (χ0) is 14.8. The summed E-state index contributed by atoms with van der Waals surface area (Å²) >= 11 is 0. The average Bonchev–Trinajstić information content (AvgIpc) is 2.73. The minimum absolute atomic E-state index is 0.739. The second kappa shape index (κ2) is 5.60. The molecule has 0 unspecified atom stereocenters. The van der Waals surface area contributed by atoms with Gasteiger partial charge in [0.2, 0.25) is 0 Å². The van der Waals surface area contributed by atoms with Crippen LogP contribution in [0.25, 0.3) is 11.3 Å². The van der Waals surface area contributed by atoms with Crippen LogP contribution in [-0.2, 0) is 0 Å². The highest BCUT2D eigenvalue weighted by Crippen LogP contribution is 2.36. The zero-order valence-corrected chi connectivity index (χ0v) is 12.7. The molecule has 2 aliphatic rings. The smallest absolute Gasteiger partial charge is 0.169 e. The number of fused-ring (bicyclic) bond motifs is 1. The first kappa shape index (κ1) is 13.7. The third-order valence-electron chi connectivity index (χ3n) is 4.08. The average molecular weight is 280 g/mol. The number of benzene rings is 1. The number of hydrogen-bond donors (Lipinski definition) is 2. The van der Waals surface area contributed by atoms with E-state index >= 15 is 0 Å². The fraction of sp³-hybridized carbons (Fsp3) is 0.278. The Morgan fingerprint density at radius 1 is 1.24 bits per heavy atom. The molecular formula is C18H22N3+. The fourth-order valence-corrected chi connectivity index (χ4v) is 2.93. The van der Waals surface area contributed by atoms with Gasteiger partial charge in [-0.2, -0.15) is 0 Å². The van der Waals surface area contributed by atoms with Crippen molar-refractivity contribution in [1.82, 2.24) is 5.32 Å². The maximum Gasteiger partial charge on any atom is 0.169 e. The molecule has 21 heavy (non-hydrogen) atoms. The van der Waals surface area contributed by atoms with E-state index in [1.807, 2.05) is 0 Å². The van der Waals surface area contributed by atoms with Crippen molar-refractivity contribution >= 4 is 23.2 Å². The largest absolute Gasteiger partial charge is 0.368 e. The van der Waals surface area contributed by atoms with E-state index in [1.54, 1.807) is 0 Å². The van der Waals surface area contributed by atoms with Gasteiger partial charge in [-0.1, -0.05) is 12.6 Å². The van der Waals surface area contributed by atoms with Crippen LogP contribution in [0.5, 0.6) is 0 Å². The van der Waals surface area contributed by atoms with Gasteiger partial charge in [0.15, 0.2) is 12.4 Å². The van der Waals surface area contributed by atoms with E-state index in [4.69, 9.17) is 0 Å². The second-order valence-electron chi connectivity index (χ2n) is 5.45. The molecule has 0 fully saturated rings. The number of anilines is 1. The number of allylic oxidation sites excluding steroid dienone is 3. The molecule has 2 aliphatic heterocycles. The van der Waals surface area contributed by atoms with Crippen LogP contribution in [0.2, 0.25) is 0 Å². The van der Waals surface area contributed by atoms with Gasteiger partial charge in [0.1, 0.15) is 6.54 Å². The Kier molecular flexibility index (Phi) is 3.65. The molecular weight excluding hydrogens is 258 g/mol. The molecule has 0 bridgehead atoms. The van der Waals surface area contributed by atoms with Crippen LogP contribution < -0.4 is 10.6 Å². The Bertz CT molecular complexity index is 678. The molecule has 1 aromatic carbocycles. The lowest BCUT2D eigenvalue weighted by Crippen LogP contribution is -2.27. The Balaban J connectivity index is 2.15. The summed E-state index contributed by atoms with van der Waals surface area (Å²) in [6.45, 7) is 10.2. The number of aryl methyl sites for hydroxylation is 1. The highest BCUT2D eigenvalue weighted by atomic mass is 15.1. The molecule has 3 rings (SSSR count). The third-order valence-corrected chi connectivity index (χ3v) is 4.08. The predicted octanol–water partition coefficient (Wildman–Crippen LogP) is 3.34. The summed E-state index contributed by atoms with van der Waals surface area (Å²) < 4.78 is 2.20. The van der Waals surface area contributed by atoms with Crippen molar-refractivity contribution in [2.24, 2.45) is 0 Å². The minimum Gasteiger partial charge on any atom is -0.368 e. The molecule has 0 spiro atoms. The molecule has 108 valence electrons. The number of rotatable bonds is 2. The number of nitrogens with one attached hydrogen (secondary N) is 2. The molecule has 0 saturated carbocycles. The highest BCUT2D eigenvalue weighted by Gasteiger charge is 2.20. The van der Waals surface area contributed by atoms with Crippen molar-refractivity contribution in [3.05, 3.63) is 53.8 Å². The lowest BCUT2D eigenvalue weighted by atomic mass is 9.89. The second-order valence-corrected chi connectivity index (χ2v) is 5.45. The predicted molar refractivity (Wildman–Crippen MR) is 90.4 cm³/mol. The molecule has 0 radical (unpaired) electrons. The minimum atomic E-state index is 0.739. The summed E-state index contributed by atoms with van der Waals surface area (Å²) in [5.74, 6) is 0. The van der Waals surface area contributed by atoms with E-state index in [2.05, 4.69) is 72.3 Å². The summed E-state index contributed by atoms with van der Waals surface area (Å²) in [4.78, 5) is 0. The first-order valence-corrected chi connectivity index (χ1v) is 7.48. The highest BCUT2D eigenvalue weighted by molar-refractivity contribution is 5.92. The van der Waals surface area contributed by atoms with Crippen molar-refractivity contribution in [2.75, 3.05) is 18.5 Å². The molecule has 2 heterocycles. The Hall–Kier alpha value is -2.29. The number of nitrogens with zero attached hydrogens (tertiary/aromatic N) is 1. The van der Waals surface area contributed by atoms with Crippen molar-refractivity contribution in [2.45, 2.75) is 20.3 Å². The zero-order valence-electron chi connectivity index (χ0n) is 12.7. The van der Waals surface area contributed by atoms with Crippen molar-refractivity contribution in [1.29, 1.82) is 0 Å². The quantitative estimate of drug-likeness (QED) is 0.813. The fourth-order valence-electron chi connectivity index (χ4n) is 2.93. The van der Waals surface area contributed by atoms with Crippen molar-refractivity contribution in [3.8, 4) is 0 Å². The molecule has 0 atom stereocenters. The Labute approximate surface area is 126 Å². The van der Waals surface area contributed by atoms with E-state index in [1.165, 1.54) is 28.0 Å². The molecule has 3 heteroatoms. The summed E-state index contributed by atoms with van der Waals surface area (Å²) in [6, 6.07) is 4.34. The van der Waals surface area contributed by atoms with Crippen LogP contribution in [-0.4, -0.2) is 24.0 Å². The van der Waals surface area contributed by atoms with Gasteiger partial charge >= 0.3 is 0 Å². The van der Waals surface area contributed by atoms with Gasteiger partial charge in [-0.05, 0) is 49.1 Å². The van der Waals surface area contributed by atoms with E-state index < -0.39 is 0 Å². The van der Waals surface area contributed by atoms with E-state index in [0.717, 1.165) is 25.3 Å². The van der Waals surface area contributed by atoms with Crippen LogP contribution in [0.4, 0.5) is 5.69 Å². The Morgan fingerprint density at radius 3 is 2.90 bits per heavy atom. The molecule has 3 nitrogen and oxygen atoms in total. The van der Waals surface area contributed by atoms with Crippen LogP contribution in [0.3, 0.4) is 0 Å². The first-order valence-electron chi connectivity index (χ1n) is 7.48. The topological polar surface area (TPSA) is 27.1 Å². The first-order chi connectivity index (χ1) is 10.2. The molecule has 0 saturated heterocycles. The van der Waals surface area contributed by atoms with Gasteiger partial charge < -0.3 is 10.6 Å².